The van der Waals surface area contributed by atoms with Crippen LogP contribution in [-0.4, -0.2) is 76.7 Å². The van der Waals surface area contributed by atoms with Crippen LogP contribution in [0.15, 0.2) is 41.8 Å². The Bertz CT molecular complexity index is 1210. The van der Waals surface area contributed by atoms with Gasteiger partial charge in [0.25, 0.3) is 15.9 Å². The molecule has 0 aliphatic carbocycles. The number of hydrogen-bond donors (Lipinski definition) is 2. The normalized spacial score (nSPS) is 17.0. The van der Waals surface area contributed by atoms with E-state index in [2.05, 4.69) is 20.2 Å². The maximum absolute atomic E-state index is 13.0. The van der Waals surface area contributed by atoms with Gasteiger partial charge in [0.2, 0.25) is 6.79 Å². The molecule has 0 radical (unpaired) electrons. The van der Waals surface area contributed by atoms with Gasteiger partial charge in [-0.25, -0.2) is 13.4 Å². The maximum atomic E-state index is 13.0. The van der Waals surface area contributed by atoms with E-state index in [1.165, 1.54) is 16.8 Å². The molecule has 12 heteroatoms. The molecule has 2 aromatic heterocycles. The minimum atomic E-state index is -3.66. The number of aromatic nitrogens is 4. The fraction of sp³-hybridized carbons (Fsp3) is 0.316. The molecule has 0 bridgehead atoms. The van der Waals surface area contributed by atoms with Gasteiger partial charge in [-0.2, -0.15) is 9.40 Å². The zero-order chi connectivity index (χ0) is 21.4. The number of fused-ring (bicyclic) bond motifs is 1. The highest BCUT2D eigenvalue weighted by Crippen LogP contribution is 2.35. The van der Waals surface area contributed by atoms with Crippen molar-refractivity contribution in [2.24, 2.45) is 0 Å². The van der Waals surface area contributed by atoms with Crippen LogP contribution in [-0.2, 0) is 10.0 Å². The third kappa shape index (κ3) is 3.64. The van der Waals surface area contributed by atoms with Gasteiger partial charge in [0.05, 0.1) is 18.2 Å². The molecule has 31 heavy (non-hydrogen) atoms. The number of nitrogens with one attached hydrogen (secondary N) is 2. The van der Waals surface area contributed by atoms with Crippen molar-refractivity contribution >= 4 is 15.9 Å². The van der Waals surface area contributed by atoms with Crippen LogP contribution in [0.4, 0.5) is 0 Å². The van der Waals surface area contributed by atoms with E-state index < -0.39 is 10.0 Å². The Labute approximate surface area is 178 Å². The third-order valence-corrected chi connectivity index (χ3v) is 7.13. The van der Waals surface area contributed by atoms with Gasteiger partial charge in [-0.1, -0.05) is 0 Å². The number of benzene rings is 1. The fourth-order valence-electron chi connectivity index (χ4n) is 3.67. The quantitative estimate of drug-likeness (QED) is 0.615. The van der Waals surface area contributed by atoms with Crippen molar-refractivity contribution in [3.63, 3.8) is 0 Å². The summed E-state index contributed by atoms with van der Waals surface area (Å²) >= 11 is 0. The minimum absolute atomic E-state index is 0.0502. The number of ether oxygens (including phenoxy) is 2. The summed E-state index contributed by atoms with van der Waals surface area (Å²) in [5, 5.41) is 7.10. The van der Waals surface area contributed by atoms with Crippen LogP contribution in [0.3, 0.4) is 0 Å². The first-order valence-corrected chi connectivity index (χ1v) is 11.2. The molecule has 4 heterocycles. The van der Waals surface area contributed by atoms with E-state index in [9.17, 15) is 13.2 Å². The molecule has 1 saturated heterocycles. The Morgan fingerprint density at radius 3 is 2.77 bits per heavy atom. The Balaban J connectivity index is 1.29. The van der Waals surface area contributed by atoms with Gasteiger partial charge < -0.3 is 19.4 Å². The van der Waals surface area contributed by atoms with E-state index >= 15 is 0 Å². The van der Waals surface area contributed by atoms with Gasteiger partial charge in [-0.15, -0.1) is 0 Å². The Kier molecular flexibility index (Phi) is 4.87. The molecule has 0 atom stereocenters. The molecule has 0 saturated carbocycles. The number of sulfonamides is 1. The summed E-state index contributed by atoms with van der Waals surface area (Å²) < 4.78 is 37.5. The summed E-state index contributed by atoms with van der Waals surface area (Å²) in [7, 11) is -3.66. The first kappa shape index (κ1) is 19.6. The number of rotatable bonds is 4. The standard InChI is InChI=1S/C19H20N6O5S/c26-19(15-9-14(22-23-15)13-2-3-16-17(8-13)30-12-29-16)24-4-1-5-25(7-6-24)31(27,28)18-10-20-11-21-18/h2-3,8-11H,1,4-7,12H2,(H,20,21)(H,22,23). The van der Waals surface area contributed by atoms with Crippen molar-refractivity contribution < 1.29 is 22.7 Å². The Morgan fingerprint density at radius 1 is 1.06 bits per heavy atom. The average Bonchev–Trinajstić information content (AvgIpc) is 3.51. The van der Waals surface area contributed by atoms with E-state index in [4.69, 9.17) is 9.47 Å². The van der Waals surface area contributed by atoms with Crippen molar-refractivity contribution in [3.8, 4) is 22.8 Å². The first-order chi connectivity index (χ1) is 15.0. The SMILES string of the molecule is O=C(c1cc(-c2ccc3c(c2)OCO3)n[nH]1)N1CCCN(S(=O)(=O)c2cnc[nH]2)CC1. The highest BCUT2D eigenvalue weighted by Gasteiger charge is 2.30. The molecule has 11 nitrogen and oxygen atoms in total. The van der Waals surface area contributed by atoms with Crippen LogP contribution in [0.2, 0.25) is 0 Å². The number of H-pyrrole nitrogens is 2. The molecular weight excluding hydrogens is 424 g/mol. The van der Waals surface area contributed by atoms with E-state index in [1.807, 2.05) is 12.1 Å². The largest absolute Gasteiger partial charge is 0.454 e. The van der Waals surface area contributed by atoms with Crippen molar-refractivity contribution in [3.05, 3.63) is 42.5 Å². The van der Waals surface area contributed by atoms with Gasteiger partial charge in [0.1, 0.15) is 5.69 Å². The maximum Gasteiger partial charge on any atom is 0.271 e. The number of aromatic amines is 2. The Hall–Kier alpha value is -3.38. The lowest BCUT2D eigenvalue weighted by atomic mass is 10.1. The predicted octanol–water partition coefficient (Wildman–Crippen LogP) is 1.07. The molecule has 0 unspecified atom stereocenters. The second-order valence-corrected chi connectivity index (χ2v) is 9.11. The van der Waals surface area contributed by atoms with Crippen LogP contribution < -0.4 is 9.47 Å². The van der Waals surface area contributed by atoms with Gasteiger partial charge in [-0.05, 0) is 30.7 Å². The average molecular weight is 444 g/mol. The second kappa shape index (κ2) is 7.71. The van der Waals surface area contributed by atoms with Crippen LogP contribution in [0.1, 0.15) is 16.9 Å². The van der Waals surface area contributed by atoms with Crippen molar-refractivity contribution in [1.29, 1.82) is 0 Å². The third-order valence-electron chi connectivity index (χ3n) is 5.31. The molecule has 0 spiro atoms. The summed E-state index contributed by atoms with van der Waals surface area (Å²) in [6.45, 7) is 1.45. The highest BCUT2D eigenvalue weighted by atomic mass is 32.2. The molecule has 162 valence electrons. The summed E-state index contributed by atoms with van der Waals surface area (Å²) in [6.07, 6.45) is 3.14. The van der Waals surface area contributed by atoms with E-state index in [-0.39, 0.29) is 30.8 Å². The molecule has 2 aliphatic rings. The van der Waals surface area contributed by atoms with Gasteiger partial charge >= 0.3 is 0 Å². The van der Waals surface area contributed by atoms with Crippen molar-refractivity contribution in [2.45, 2.75) is 11.4 Å². The first-order valence-electron chi connectivity index (χ1n) is 9.75. The molecule has 1 aromatic carbocycles. The zero-order valence-corrected chi connectivity index (χ0v) is 17.3. The number of amides is 1. The van der Waals surface area contributed by atoms with Crippen molar-refractivity contribution in [1.82, 2.24) is 29.4 Å². The van der Waals surface area contributed by atoms with Gasteiger partial charge in [0.15, 0.2) is 16.5 Å². The fourth-order valence-corrected chi connectivity index (χ4v) is 5.03. The lowest BCUT2D eigenvalue weighted by Gasteiger charge is -2.20. The number of imidazole rings is 1. The van der Waals surface area contributed by atoms with Crippen LogP contribution in [0.5, 0.6) is 11.5 Å². The second-order valence-electron chi connectivity index (χ2n) is 7.20. The number of carbonyl (C=O) groups excluding carboxylic acids is 1. The summed E-state index contributed by atoms with van der Waals surface area (Å²) in [5.74, 6) is 1.09. The lowest BCUT2D eigenvalue weighted by molar-refractivity contribution is 0.0758. The molecule has 2 aliphatic heterocycles. The van der Waals surface area contributed by atoms with E-state index in [0.717, 1.165) is 5.56 Å². The van der Waals surface area contributed by atoms with Crippen LogP contribution in [0.25, 0.3) is 11.3 Å². The molecule has 2 N–H and O–H groups in total. The molecule has 3 aromatic rings. The van der Waals surface area contributed by atoms with Crippen molar-refractivity contribution in [2.75, 3.05) is 33.0 Å². The van der Waals surface area contributed by atoms with Crippen LogP contribution in [0, 0.1) is 0 Å². The van der Waals surface area contributed by atoms with Gasteiger partial charge in [-0.3, -0.25) is 9.89 Å². The topological polar surface area (TPSA) is 134 Å². The number of nitrogens with zero attached hydrogens (tertiary/aromatic N) is 4. The number of carbonyl (C=O) groups is 1. The molecule has 1 fully saturated rings. The molecular formula is C19H20N6O5S. The van der Waals surface area contributed by atoms with Gasteiger partial charge in [0, 0.05) is 31.7 Å². The monoisotopic (exact) mass is 444 g/mol. The predicted molar refractivity (Wildman–Crippen MR) is 108 cm³/mol. The van der Waals surface area contributed by atoms with E-state index in [1.54, 1.807) is 17.0 Å². The number of hydrogen-bond acceptors (Lipinski definition) is 7. The molecule has 1 amide bonds. The Morgan fingerprint density at radius 2 is 1.94 bits per heavy atom. The summed E-state index contributed by atoms with van der Waals surface area (Å²) in [5.41, 5.74) is 1.75. The summed E-state index contributed by atoms with van der Waals surface area (Å²) in [6, 6.07) is 7.15. The van der Waals surface area contributed by atoms with E-state index in [0.29, 0.717) is 42.4 Å². The molecule has 5 rings (SSSR count). The van der Waals surface area contributed by atoms with Crippen LogP contribution >= 0.6 is 0 Å². The minimum Gasteiger partial charge on any atom is -0.454 e. The zero-order valence-electron chi connectivity index (χ0n) is 16.4. The summed E-state index contributed by atoms with van der Waals surface area (Å²) in [4.78, 5) is 21.1. The smallest absolute Gasteiger partial charge is 0.271 e. The highest BCUT2D eigenvalue weighted by molar-refractivity contribution is 7.89. The lowest BCUT2D eigenvalue weighted by Crippen LogP contribution is -2.37.